The largest absolute Gasteiger partial charge is 0.497 e. The highest BCUT2D eigenvalue weighted by molar-refractivity contribution is 5.85. The second-order valence-corrected chi connectivity index (χ2v) is 4.59. The Balaban J connectivity index is 0.00000200. The molecule has 5 nitrogen and oxygen atoms in total. The van der Waals surface area contributed by atoms with Gasteiger partial charge in [0.1, 0.15) is 11.5 Å². The first-order chi connectivity index (χ1) is 9.24. The maximum absolute atomic E-state index is 11.9. The fourth-order valence-corrected chi connectivity index (χ4v) is 2.20. The molecule has 20 heavy (non-hydrogen) atoms. The van der Waals surface area contributed by atoms with Crippen molar-refractivity contribution in [2.45, 2.75) is 13.0 Å². The lowest BCUT2D eigenvalue weighted by atomic mass is 10.1. The van der Waals surface area contributed by atoms with Gasteiger partial charge in [0.15, 0.2) is 0 Å². The SMILES string of the molecule is COc1ccc(CNC(=O)C2CCNC2)c(OC)c1.Cl. The minimum atomic E-state index is 0. The number of carbonyl (C=O) groups is 1. The van der Waals surface area contributed by atoms with Crippen molar-refractivity contribution in [3.05, 3.63) is 23.8 Å². The molecule has 0 radical (unpaired) electrons. The Labute approximate surface area is 125 Å². The van der Waals surface area contributed by atoms with E-state index in [0.29, 0.717) is 6.54 Å². The summed E-state index contributed by atoms with van der Waals surface area (Å²) in [6, 6.07) is 5.59. The average molecular weight is 301 g/mol. The van der Waals surface area contributed by atoms with Crippen LogP contribution < -0.4 is 20.1 Å². The van der Waals surface area contributed by atoms with E-state index >= 15 is 0 Å². The van der Waals surface area contributed by atoms with Gasteiger partial charge in [-0.15, -0.1) is 12.4 Å². The number of methoxy groups -OCH3 is 2. The fraction of sp³-hybridized carbons (Fsp3) is 0.500. The molecule has 1 amide bonds. The molecule has 1 unspecified atom stereocenters. The van der Waals surface area contributed by atoms with E-state index in [1.54, 1.807) is 14.2 Å². The van der Waals surface area contributed by atoms with Crippen molar-refractivity contribution in [2.75, 3.05) is 27.3 Å². The Morgan fingerprint density at radius 2 is 2.20 bits per heavy atom. The Morgan fingerprint density at radius 3 is 2.80 bits per heavy atom. The molecular formula is C14H21ClN2O3. The number of benzene rings is 1. The summed E-state index contributed by atoms with van der Waals surface area (Å²) < 4.78 is 10.4. The van der Waals surface area contributed by atoms with Crippen LogP contribution in [0.2, 0.25) is 0 Å². The van der Waals surface area contributed by atoms with E-state index in [1.807, 2.05) is 18.2 Å². The lowest BCUT2D eigenvalue weighted by molar-refractivity contribution is -0.124. The third-order valence-corrected chi connectivity index (χ3v) is 3.38. The van der Waals surface area contributed by atoms with Crippen molar-refractivity contribution in [1.82, 2.24) is 10.6 Å². The molecule has 1 aromatic rings. The monoisotopic (exact) mass is 300 g/mol. The van der Waals surface area contributed by atoms with Gasteiger partial charge >= 0.3 is 0 Å². The summed E-state index contributed by atoms with van der Waals surface area (Å²) in [5.74, 6) is 1.66. The van der Waals surface area contributed by atoms with Crippen molar-refractivity contribution in [2.24, 2.45) is 5.92 Å². The molecule has 1 aliphatic heterocycles. The molecule has 6 heteroatoms. The van der Waals surface area contributed by atoms with Crippen molar-refractivity contribution in [3.63, 3.8) is 0 Å². The second-order valence-electron chi connectivity index (χ2n) is 4.59. The molecule has 2 rings (SSSR count). The summed E-state index contributed by atoms with van der Waals surface area (Å²) in [6.45, 7) is 2.16. The number of ether oxygens (including phenoxy) is 2. The predicted molar refractivity (Wildman–Crippen MR) is 79.6 cm³/mol. The molecule has 0 saturated carbocycles. The average Bonchev–Trinajstić information content (AvgIpc) is 2.98. The van der Waals surface area contributed by atoms with Gasteiger partial charge in [0, 0.05) is 24.7 Å². The van der Waals surface area contributed by atoms with Crippen LogP contribution in [0.3, 0.4) is 0 Å². The van der Waals surface area contributed by atoms with E-state index in [2.05, 4.69) is 10.6 Å². The van der Waals surface area contributed by atoms with Gasteiger partial charge in [0.2, 0.25) is 5.91 Å². The lowest BCUT2D eigenvalue weighted by Crippen LogP contribution is -2.31. The smallest absolute Gasteiger partial charge is 0.224 e. The molecule has 1 fully saturated rings. The molecule has 0 spiro atoms. The van der Waals surface area contributed by atoms with Gasteiger partial charge in [-0.1, -0.05) is 0 Å². The third-order valence-electron chi connectivity index (χ3n) is 3.38. The number of halogens is 1. The molecule has 0 bridgehead atoms. The first-order valence-electron chi connectivity index (χ1n) is 6.44. The normalized spacial score (nSPS) is 17.2. The number of nitrogens with one attached hydrogen (secondary N) is 2. The van der Waals surface area contributed by atoms with Gasteiger partial charge in [-0.3, -0.25) is 4.79 Å². The summed E-state index contributed by atoms with van der Waals surface area (Å²) in [4.78, 5) is 11.9. The summed E-state index contributed by atoms with van der Waals surface area (Å²) in [6.07, 6.45) is 0.908. The minimum absolute atomic E-state index is 0. The van der Waals surface area contributed by atoms with E-state index in [4.69, 9.17) is 9.47 Å². The first kappa shape index (κ1) is 16.6. The topological polar surface area (TPSA) is 59.6 Å². The third kappa shape index (κ3) is 4.02. The maximum Gasteiger partial charge on any atom is 0.224 e. The summed E-state index contributed by atoms with van der Waals surface area (Å²) in [5, 5.41) is 6.14. The Hall–Kier alpha value is -1.46. The second kappa shape index (κ2) is 7.97. The summed E-state index contributed by atoms with van der Waals surface area (Å²) in [7, 11) is 3.23. The fourth-order valence-electron chi connectivity index (χ4n) is 2.20. The highest BCUT2D eigenvalue weighted by Crippen LogP contribution is 2.24. The van der Waals surface area contributed by atoms with Gasteiger partial charge < -0.3 is 20.1 Å². The van der Waals surface area contributed by atoms with Crippen molar-refractivity contribution in [3.8, 4) is 11.5 Å². The Bertz CT molecular complexity index is 448. The van der Waals surface area contributed by atoms with E-state index < -0.39 is 0 Å². The van der Waals surface area contributed by atoms with Crippen LogP contribution >= 0.6 is 12.4 Å². The molecule has 1 aromatic carbocycles. The van der Waals surface area contributed by atoms with E-state index in [9.17, 15) is 4.79 Å². The molecule has 0 aromatic heterocycles. The van der Waals surface area contributed by atoms with Crippen molar-refractivity contribution < 1.29 is 14.3 Å². The summed E-state index contributed by atoms with van der Waals surface area (Å²) in [5.41, 5.74) is 0.947. The lowest BCUT2D eigenvalue weighted by Gasteiger charge is -2.13. The van der Waals surface area contributed by atoms with E-state index in [1.165, 1.54) is 0 Å². The highest BCUT2D eigenvalue weighted by Gasteiger charge is 2.22. The molecule has 2 N–H and O–H groups in total. The predicted octanol–water partition coefficient (Wildman–Crippen LogP) is 1.35. The van der Waals surface area contributed by atoms with Crippen LogP contribution in [0, 0.1) is 5.92 Å². The number of hydrogen-bond donors (Lipinski definition) is 2. The van der Waals surface area contributed by atoms with Gasteiger partial charge in [0.25, 0.3) is 0 Å². The molecular weight excluding hydrogens is 280 g/mol. The Kier molecular flexibility index (Phi) is 6.61. The van der Waals surface area contributed by atoms with Gasteiger partial charge in [0.05, 0.1) is 20.1 Å². The molecule has 1 aliphatic rings. The number of rotatable bonds is 5. The molecule has 0 aliphatic carbocycles. The van der Waals surface area contributed by atoms with E-state index in [0.717, 1.165) is 36.6 Å². The highest BCUT2D eigenvalue weighted by atomic mass is 35.5. The Morgan fingerprint density at radius 1 is 1.40 bits per heavy atom. The van der Waals surface area contributed by atoms with Crippen LogP contribution in [-0.2, 0) is 11.3 Å². The van der Waals surface area contributed by atoms with Crippen LogP contribution in [0.4, 0.5) is 0 Å². The van der Waals surface area contributed by atoms with Crippen LogP contribution in [0.1, 0.15) is 12.0 Å². The minimum Gasteiger partial charge on any atom is -0.497 e. The quantitative estimate of drug-likeness (QED) is 0.862. The molecule has 112 valence electrons. The van der Waals surface area contributed by atoms with Crippen LogP contribution in [0.15, 0.2) is 18.2 Å². The maximum atomic E-state index is 11.9. The zero-order valence-corrected chi connectivity index (χ0v) is 12.6. The van der Waals surface area contributed by atoms with Gasteiger partial charge in [-0.25, -0.2) is 0 Å². The van der Waals surface area contributed by atoms with Crippen molar-refractivity contribution in [1.29, 1.82) is 0 Å². The number of amides is 1. The van der Waals surface area contributed by atoms with Crippen molar-refractivity contribution >= 4 is 18.3 Å². The molecule has 1 saturated heterocycles. The van der Waals surface area contributed by atoms with Gasteiger partial charge in [-0.2, -0.15) is 0 Å². The van der Waals surface area contributed by atoms with Crippen LogP contribution in [-0.4, -0.2) is 33.2 Å². The molecule has 1 atom stereocenters. The van der Waals surface area contributed by atoms with E-state index in [-0.39, 0.29) is 24.2 Å². The molecule has 1 heterocycles. The first-order valence-corrected chi connectivity index (χ1v) is 6.44. The van der Waals surface area contributed by atoms with Crippen LogP contribution in [0.25, 0.3) is 0 Å². The zero-order chi connectivity index (χ0) is 13.7. The van der Waals surface area contributed by atoms with Crippen LogP contribution in [0.5, 0.6) is 11.5 Å². The van der Waals surface area contributed by atoms with Gasteiger partial charge in [-0.05, 0) is 25.1 Å². The standard InChI is InChI=1S/C14H20N2O3.ClH/c1-18-12-4-3-10(13(7-12)19-2)9-16-14(17)11-5-6-15-8-11;/h3-4,7,11,15H,5-6,8-9H2,1-2H3,(H,16,17);1H. The summed E-state index contributed by atoms with van der Waals surface area (Å²) >= 11 is 0. The zero-order valence-electron chi connectivity index (χ0n) is 11.8. The number of hydrogen-bond acceptors (Lipinski definition) is 4. The number of carbonyl (C=O) groups excluding carboxylic acids is 1.